The average Bonchev–Trinajstić information content (AvgIpc) is 2.27. The Balaban J connectivity index is 2.27. The summed E-state index contributed by atoms with van der Waals surface area (Å²) in [6.07, 6.45) is 1.86. The van der Waals surface area contributed by atoms with Crippen LogP contribution in [0.3, 0.4) is 0 Å². The molecule has 3 atom stereocenters. The van der Waals surface area contributed by atoms with Crippen LogP contribution in [-0.4, -0.2) is 28.6 Å². The SMILES string of the molecule is CC1CN(c2ncccc2[C@@H](C)N)CC(C)S1. The number of nitrogens with zero attached hydrogens (tertiary/aromatic N) is 2. The fraction of sp³-hybridized carbons (Fsp3) is 0.615. The van der Waals surface area contributed by atoms with Gasteiger partial charge in [0.05, 0.1) is 0 Å². The standard InChI is InChI=1S/C13H21N3S/c1-9-7-16(8-10(2)17-9)13-12(11(3)14)5-4-6-15-13/h4-6,9-11H,7-8,14H2,1-3H3/t9?,10?,11-/m1/s1. The summed E-state index contributed by atoms with van der Waals surface area (Å²) < 4.78 is 0. The number of thioether (sulfide) groups is 1. The molecule has 0 spiro atoms. The lowest BCUT2D eigenvalue weighted by atomic mass is 10.1. The zero-order chi connectivity index (χ0) is 12.4. The monoisotopic (exact) mass is 251 g/mol. The van der Waals surface area contributed by atoms with E-state index in [0.717, 1.165) is 24.5 Å². The molecule has 1 aliphatic heterocycles. The normalized spacial score (nSPS) is 26.9. The largest absolute Gasteiger partial charge is 0.354 e. The predicted molar refractivity (Wildman–Crippen MR) is 75.6 cm³/mol. The van der Waals surface area contributed by atoms with Crippen LogP contribution in [0.25, 0.3) is 0 Å². The van der Waals surface area contributed by atoms with Crippen LogP contribution >= 0.6 is 11.8 Å². The molecule has 17 heavy (non-hydrogen) atoms. The van der Waals surface area contributed by atoms with Crippen LogP contribution in [0.2, 0.25) is 0 Å². The Morgan fingerprint density at radius 1 is 1.41 bits per heavy atom. The van der Waals surface area contributed by atoms with Crippen LogP contribution in [0.1, 0.15) is 32.4 Å². The minimum atomic E-state index is 0.0406. The molecule has 3 nitrogen and oxygen atoms in total. The summed E-state index contributed by atoms with van der Waals surface area (Å²) in [6, 6.07) is 4.09. The topological polar surface area (TPSA) is 42.2 Å². The molecule has 4 heteroatoms. The zero-order valence-electron chi connectivity index (χ0n) is 10.8. The highest BCUT2D eigenvalue weighted by Gasteiger charge is 2.25. The molecule has 2 rings (SSSR count). The number of hydrogen-bond donors (Lipinski definition) is 1. The van der Waals surface area contributed by atoms with Crippen LogP contribution in [-0.2, 0) is 0 Å². The molecule has 0 aliphatic carbocycles. The van der Waals surface area contributed by atoms with Crippen LogP contribution in [0.5, 0.6) is 0 Å². The first-order valence-electron chi connectivity index (χ1n) is 6.19. The molecule has 2 unspecified atom stereocenters. The van der Waals surface area contributed by atoms with Gasteiger partial charge in [0.15, 0.2) is 0 Å². The van der Waals surface area contributed by atoms with E-state index < -0.39 is 0 Å². The van der Waals surface area contributed by atoms with Gasteiger partial charge in [-0.25, -0.2) is 4.98 Å². The van der Waals surface area contributed by atoms with E-state index in [0.29, 0.717) is 10.5 Å². The molecule has 0 bridgehead atoms. The Kier molecular flexibility index (Phi) is 3.94. The summed E-state index contributed by atoms with van der Waals surface area (Å²) in [5.74, 6) is 1.07. The summed E-state index contributed by atoms with van der Waals surface area (Å²) in [4.78, 5) is 6.91. The first-order chi connectivity index (χ1) is 8.08. The molecule has 1 fully saturated rings. The Morgan fingerprint density at radius 2 is 2.06 bits per heavy atom. The van der Waals surface area contributed by atoms with E-state index in [2.05, 4.69) is 41.6 Å². The summed E-state index contributed by atoms with van der Waals surface area (Å²) in [7, 11) is 0. The van der Waals surface area contributed by atoms with Gasteiger partial charge in [-0.1, -0.05) is 19.9 Å². The fourth-order valence-electron chi connectivity index (χ4n) is 2.38. The molecule has 2 heterocycles. The quantitative estimate of drug-likeness (QED) is 0.876. The molecule has 0 amide bonds. The lowest BCUT2D eigenvalue weighted by Gasteiger charge is -2.36. The number of aromatic nitrogens is 1. The van der Waals surface area contributed by atoms with Gasteiger partial charge in [-0.2, -0.15) is 11.8 Å². The molecule has 1 aromatic heterocycles. The van der Waals surface area contributed by atoms with Crippen molar-refractivity contribution < 1.29 is 0 Å². The van der Waals surface area contributed by atoms with E-state index in [-0.39, 0.29) is 6.04 Å². The Morgan fingerprint density at radius 3 is 2.65 bits per heavy atom. The smallest absolute Gasteiger partial charge is 0.133 e. The molecule has 0 aromatic carbocycles. The van der Waals surface area contributed by atoms with Gasteiger partial charge in [-0.3, -0.25) is 0 Å². The van der Waals surface area contributed by atoms with Gasteiger partial charge in [-0.15, -0.1) is 0 Å². The van der Waals surface area contributed by atoms with E-state index in [9.17, 15) is 0 Å². The maximum absolute atomic E-state index is 6.02. The maximum atomic E-state index is 6.02. The Labute approximate surface area is 108 Å². The third-order valence-corrected chi connectivity index (χ3v) is 4.25. The zero-order valence-corrected chi connectivity index (χ0v) is 11.6. The van der Waals surface area contributed by atoms with E-state index in [1.54, 1.807) is 0 Å². The van der Waals surface area contributed by atoms with Crippen LogP contribution in [0.4, 0.5) is 5.82 Å². The van der Waals surface area contributed by atoms with Gasteiger partial charge in [-0.05, 0) is 13.0 Å². The molecular formula is C13H21N3S. The Bertz CT molecular complexity index is 371. The molecule has 0 saturated carbocycles. The molecule has 94 valence electrons. The highest BCUT2D eigenvalue weighted by molar-refractivity contribution is 8.00. The first kappa shape index (κ1) is 12.7. The summed E-state index contributed by atoms with van der Waals surface area (Å²) in [6.45, 7) is 8.70. The number of rotatable bonds is 2. The minimum absolute atomic E-state index is 0.0406. The lowest BCUT2D eigenvalue weighted by molar-refractivity contribution is 0.702. The average molecular weight is 251 g/mol. The van der Waals surface area contributed by atoms with Crippen molar-refractivity contribution in [3.63, 3.8) is 0 Å². The van der Waals surface area contributed by atoms with Crippen molar-refractivity contribution in [2.24, 2.45) is 5.73 Å². The van der Waals surface area contributed by atoms with Gasteiger partial charge < -0.3 is 10.6 Å². The molecule has 1 aliphatic rings. The predicted octanol–water partition coefficient (Wildman–Crippen LogP) is 2.43. The second-order valence-corrected chi connectivity index (χ2v) is 6.75. The summed E-state index contributed by atoms with van der Waals surface area (Å²) >= 11 is 2.05. The molecule has 1 saturated heterocycles. The molecule has 1 aromatic rings. The van der Waals surface area contributed by atoms with Crippen molar-refractivity contribution in [3.05, 3.63) is 23.9 Å². The fourth-order valence-corrected chi connectivity index (χ4v) is 3.71. The first-order valence-corrected chi connectivity index (χ1v) is 7.13. The molecular weight excluding hydrogens is 230 g/mol. The van der Waals surface area contributed by atoms with Crippen LogP contribution in [0, 0.1) is 0 Å². The molecule has 2 N–H and O–H groups in total. The molecule has 0 radical (unpaired) electrons. The third-order valence-electron chi connectivity index (χ3n) is 3.03. The summed E-state index contributed by atoms with van der Waals surface area (Å²) in [5.41, 5.74) is 7.17. The van der Waals surface area contributed by atoms with E-state index in [1.807, 2.05) is 19.2 Å². The number of hydrogen-bond acceptors (Lipinski definition) is 4. The van der Waals surface area contributed by atoms with Gasteiger partial charge in [0.1, 0.15) is 5.82 Å². The van der Waals surface area contributed by atoms with Gasteiger partial charge in [0, 0.05) is 41.4 Å². The van der Waals surface area contributed by atoms with Crippen molar-refractivity contribution >= 4 is 17.6 Å². The van der Waals surface area contributed by atoms with Crippen LogP contribution in [0.15, 0.2) is 18.3 Å². The second kappa shape index (κ2) is 5.27. The number of anilines is 1. The third kappa shape index (κ3) is 2.93. The van der Waals surface area contributed by atoms with Crippen molar-refractivity contribution in [2.75, 3.05) is 18.0 Å². The van der Waals surface area contributed by atoms with Gasteiger partial charge in [0.2, 0.25) is 0 Å². The van der Waals surface area contributed by atoms with Crippen molar-refractivity contribution in [1.29, 1.82) is 0 Å². The van der Waals surface area contributed by atoms with Gasteiger partial charge in [0.25, 0.3) is 0 Å². The highest BCUT2D eigenvalue weighted by Crippen LogP contribution is 2.30. The van der Waals surface area contributed by atoms with Crippen LogP contribution < -0.4 is 10.6 Å². The lowest BCUT2D eigenvalue weighted by Crippen LogP contribution is -2.41. The minimum Gasteiger partial charge on any atom is -0.354 e. The van der Waals surface area contributed by atoms with E-state index >= 15 is 0 Å². The second-order valence-electron chi connectivity index (χ2n) is 4.87. The van der Waals surface area contributed by atoms with Crippen molar-refractivity contribution in [1.82, 2.24) is 4.98 Å². The van der Waals surface area contributed by atoms with E-state index in [1.165, 1.54) is 0 Å². The van der Waals surface area contributed by atoms with Crippen molar-refractivity contribution in [3.8, 4) is 0 Å². The Hall–Kier alpha value is -0.740. The summed E-state index contributed by atoms with van der Waals surface area (Å²) in [5, 5.41) is 1.31. The highest BCUT2D eigenvalue weighted by atomic mass is 32.2. The maximum Gasteiger partial charge on any atom is 0.133 e. The number of nitrogens with two attached hydrogens (primary N) is 1. The van der Waals surface area contributed by atoms with Crippen molar-refractivity contribution in [2.45, 2.75) is 37.3 Å². The van der Waals surface area contributed by atoms with E-state index in [4.69, 9.17) is 5.73 Å². The number of pyridine rings is 1. The van der Waals surface area contributed by atoms with Gasteiger partial charge >= 0.3 is 0 Å².